The van der Waals surface area contributed by atoms with Crippen molar-refractivity contribution in [1.29, 1.82) is 0 Å². The minimum atomic E-state index is -0.481. The molecule has 4 heteroatoms. The molecule has 0 radical (unpaired) electrons. The summed E-state index contributed by atoms with van der Waals surface area (Å²) in [4.78, 5) is 10.8. The molecule has 1 N–H and O–H groups in total. The molecule has 0 aliphatic carbocycles. The number of nitrogens with one attached hydrogen (secondary N) is 1. The van der Waals surface area contributed by atoms with Crippen LogP contribution in [0.1, 0.15) is 33.1 Å². The van der Waals surface area contributed by atoms with Crippen LogP contribution in [0.5, 0.6) is 5.75 Å². The van der Waals surface area contributed by atoms with Gasteiger partial charge in [0.05, 0.1) is 14.2 Å². The first-order chi connectivity index (χ1) is 8.67. The van der Waals surface area contributed by atoms with Gasteiger partial charge in [0, 0.05) is 5.69 Å². The van der Waals surface area contributed by atoms with Crippen molar-refractivity contribution in [3.63, 3.8) is 0 Å². The van der Waals surface area contributed by atoms with Crippen molar-refractivity contribution in [3.05, 3.63) is 24.3 Å². The highest BCUT2D eigenvalue weighted by molar-refractivity contribution is 5.84. The number of anilines is 1. The van der Waals surface area contributed by atoms with Gasteiger partial charge in [-0.15, -0.1) is 0 Å². The van der Waals surface area contributed by atoms with Gasteiger partial charge in [-0.05, 0) is 24.3 Å². The number of unbranched alkanes of at least 4 members (excludes halogenated alkanes) is 2. The van der Waals surface area contributed by atoms with Crippen LogP contribution in [-0.2, 0) is 4.74 Å². The van der Waals surface area contributed by atoms with Crippen LogP contribution < -0.4 is 10.1 Å². The Morgan fingerprint density at radius 1 is 1.11 bits per heavy atom. The highest BCUT2D eigenvalue weighted by Gasteiger charge is 1.99. The number of methoxy groups -OCH3 is 2. The van der Waals surface area contributed by atoms with Crippen LogP contribution in [0.4, 0.5) is 10.5 Å². The lowest BCUT2D eigenvalue weighted by molar-refractivity contribution is 0.187. The Morgan fingerprint density at radius 2 is 1.67 bits per heavy atom. The van der Waals surface area contributed by atoms with Crippen LogP contribution in [0.15, 0.2) is 24.3 Å². The van der Waals surface area contributed by atoms with E-state index in [9.17, 15) is 4.79 Å². The van der Waals surface area contributed by atoms with E-state index >= 15 is 0 Å². The number of carbonyl (C=O) groups is 1. The Morgan fingerprint density at radius 3 is 2.00 bits per heavy atom. The Hall–Kier alpha value is -1.71. The Bertz CT molecular complexity index is 320. The maximum atomic E-state index is 10.8. The molecular formula is C14H23NO3. The number of rotatable bonds is 4. The average molecular weight is 253 g/mol. The van der Waals surface area contributed by atoms with Gasteiger partial charge in [-0.2, -0.15) is 0 Å². The van der Waals surface area contributed by atoms with Gasteiger partial charge >= 0.3 is 6.09 Å². The van der Waals surface area contributed by atoms with Crippen LogP contribution in [0, 0.1) is 0 Å². The molecule has 18 heavy (non-hydrogen) atoms. The fraction of sp³-hybridized carbons (Fsp3) is 0.500. The molecule has 102 valence electrons. The highest BCUT2D eigenvalue weighted by atomic mass is 16.5. The zero-order valence-corrected chi connectivity index (χ0v) is 11.7. The lowest BCUT2D eigenvalue weighted by Crippen LogP contribution is -2.10. The quantitative estimate of drug-likeness (QED) is 0.879. The fourth-order valence-corrected chi connectivity index (χ4v) is 1.20. The molecule has 0 saturated carbocycles. The molecule has 0 heterocycles. The number of carbonyl (C=O) groups excluding carboxylic acids is 1. The largest absolute Gasteiger partial charge is 0.497 e. The summed E-state index contributed by atoms with van der Waals surface area (Å²) in [6.45, 7) is 4.42. The summed E-state index contributed by atoms with van der Waals surface area (Å²) in [6.07, 6.45) is 3.60. The molecule has 0 aliphatic heterocycles. The summed E-state index contributed by atoms with van der Waals surface area (Å²) < 4.78 is 9.39. The van der Waals surface area contributed by atoms with Gasteiger partial charge in [0.25, 0.3) is 0 Å². The van der Waals surface area contributed by atoms with Gasteiger partial charge < -0.3 is 9.47 Å². The van der Waals surface area contributed by atoms with E-state index in [1.165, 1.54) is 26.4 Å². The maximum absolute atomic E-state index is 10.8. The minimum absolute atomic E-state index is 0.481. The summed E-state index contributed by atoms with van der Waals surface area (Å²) in [7, 11) is 2.90. The molecule has 0 unspecified atom stereocenters. The smallest absolute Gasteiger partial charge is 0.411 e. The topological polar surface area (TPSA) is 47.6 Å². The van der Waals surface area contributed by atoms with Crippen molar-refractivity contribution in [2.75, 3.05) is 19.5 Å². The fourth-order valence-electron chi connectivity index (χ4n) is 1.20. The van der Waals surface area contributed by atoms with Crippen LogP contribution in [0.3, 0.4) is 0 Å². The summed E-state index contributed by atoms with van der Waals surface area (Å²) in [5, 5.41) is 2.53. The van der Waals surface area contributed by atoms with Crippen molar-refractivity contribution in [2.45, 2.75) is 33.1 Å². The van der Waals surface area contributed by atoms with E-state index in [2.05, 4.69) is 23.9 Å². The van der Waals surface area contributed by atoms with E-state index in [-0.39, 0.29) is 0 Å². The third-order valence-corrected chi connectivity index (χ3v) is 2.23. The van der Waals surface area contributed by atoms with E-state index < -0.39 is 6.09 Å². The van der Waals surface area contributed by atoms with E-state index in [0.717, 1.165) is 5.75 Å². The molecule has 0 aromatic heterocycles. The lowest BCUT2D eigenvalue weighted by atomic mass is 10.3. The molecule has 4 nitrogen and oxygen atoms in total. The maximum Gasteiger partial charge on any atom is 0.411 e. The second kappa shape index (κ2) is 10.4. The summed E-state index contributed by atoms with van der Waals surface area (Å²) in [5.41, 5.74) is 0.674. The minimum Gasteiger partial charge on any atom is -0.497 e. The first-order valence-electron chi connectivity index (χ1n) is 6.16. The molecule has 1 amide bonds. The van der Waals surface area contributed by atoms with Gasteiger partial charge in [-0.1, -0.05) is 33.1 Å². The van der Waals surface area contributed by atoms with Gasteiger partial charge in [0.1, 0.15) is 5.75 Å². The zero-order valence-electron chi connectivity index (χ0n) is 11.7. The normalized spacial score (nSPS) is 8.89. The predicted octanol–water partition coefficient (Wildman–Crippen LogP) is 4.07. The molecule has 0 bridgehead atoms. The van der Waals surface area contributed by atoms with Crippen LogP contribution in [-0.4, -0.2) is 20.3 Å². The third kappa shape index (κ3) is 7.54. The van der Waals surface area contributed by atoms with Gasteiger partial charge in [0.2, 0.25) is 0 Å². The van der Waals surface area contributed by atoms with Crippen molar-refractivity contribution >= 4 is 11.8 Å². The van der Waals surface area contributed by atoms with Crippen molar-refractivity contribution in [2.24, 2.45) is 0 Å². The van der Waals surface area contributed by atoms with Crippen LogP contribution in [0.25, 0.3) is 0 Å². The second-order valence-electron chi connectivity index (χ2n) is 3.70. The molecule has 0 atom stereocenters. The predicted molar refractivity (Wildman–Crippen MR) is 74.2 cm³/mol. The van der Waals surface area contributed by atoms with Gasteiger partial charge in [-0.3, -0.25) is 5.32 Å². The monoisotopic (exact) mass is 253 g/mol. The number of hydrogen-bond acceptors (Lipinski definition) is 3. The number of hydrogen-bond donors (Lipinski definition) is 1. The standard InChI is InChI=1S/C9H11NO3.C5H12/c1-12-8-5-3-7(4-6-8)10-9(11)13-2;1-3-5-4-2/h3-6H,1-2H3,(H,10,11);3-5H2,1-2H3. The third-order valence-electron chi connectivity index (χ3n) is 2.23. The molecule has 1 rings (SSSR count). The van der Waals surface area contributed by atoms with Crippen LogP contribution >= 0.6 is 0 Å². The molecule has 1 aromatic carbocycles. The average Bonchev–Trinajstić information content (AvgIpc) is 2.41. The van der Waals surface area contributed by atoms with E-state index in [1.807, 2.05) is 0 Å². The van der Waals surface area contributed by atoms with Crippen LogP contribution in [0.2, 0.25) is 0 Å². The van der Waals surface area contributed by atoms with E-state index in [1.54, 1.807) is 31.4 Å². The molecular weight excluding hydrogens is 230 g/mol. The second-order valence-corrected chi connectivity index (χ2v) is 3.70. The first-order valence-corrected chi connectivity index (χ1v) is 6.16. The zero-order chi connectivity index (χ0) is 13.8. The van der Waals surface area contributed by atoms with E-state index in [4.69, 9.17) is 4.74 Å². The number of amides is 1. The number of ether oxygens (including phenoxy) is 2. The lowest BCUT2D eigenvalue weighted by Gasteiger charge is -2.04. The Kier molecular flexibility index (Phi) is 9.45. The van der Waals surface area contributed by atoms with Gasteiger partial charge in [0.15, 0.2) is 0 Å². The molecule has 0 spiro atoms. The SMILES string of the molecule is CCCCC.COC(=O)Nc1ccc(OC)cc1. The van der Waals surface area contributed by atoms with Crippen molar-refractivity contribution in [3.8, 4) is 5.75 Å². The summed E-state index contributed by atoms with van der Waals surface area (Å²) >= 11 is 0. The Balaban J connectivity index is 0.000000494. The molecule has 0 aliphatic rings. The Labute approximate surface area is 109 Å². The highest BCUT2D eigenvalue weighted by Crippen LogP contribution is 2.14. The molecule has 0 fully saturated rings. The number of benzene rings is 1. The van der Waals surface area contributed by atoms with E-state index in [0.29, 0.717) is 5.69 Å². The van der Waals surface area contributed by atoms with Gasteiger partial charge in [-0.25, -0.2) is 4.79 Å². The summed E-state index contributed by atoms with van der Waals surface area (Å²) in [6, 6.07) is 6.97. The molecule has 0 saturated heterocycles. The van der Waals surface area contributed by atoms with Crippen molar-refractivity contribution in [1.82, 2.24) is 0 Å². The summed E-state index contributed by atoms with van der Waals surface area (Å²) in [5.74, 6) is 0.746. The van der Waals surface area contributed by atoms with Crippen molar-refractivity contribution < 1.29 is 14.3 Å². The first kappa shape index (κ1) is 16.3. The molecule has 1 aromatic rings.